The number of benzene rings is 1. The van der Waals surface area contributed by atoms with Gasteiger partial charge in [-0.05, 0) is 65.2 Å². The first-order valence-electron chi connectivity index (χ1n) is 7.36. The lowest BCUT2D eigenvalue weighted by atomic mass is 10.1. The van der Waals surface area contributed by atoms with Crippen molar-refractivity contribution >= 4 is 44.8 Å². The van der Waals surface area contributed by atoms with Crippen molar-refractivity contribution in [1.82, 2.24) is 15.0 Å². The molecule has 0 radical (unpaired) electrons. The van der Waals surface area contributed by atoms with Gasteiger partial charge in [-0.2, -0.15) is 0 Å². The van der Waals surface area contributed by atoms with E-state index in [1.165, 1.54) is 17.5 Å². The van der Waals surface area contributed by atoms with Crippen molar-refractivity contribution < 1.29 is 0 Å². The highest BCUT2D eigenvalue weighted by atomic mass is 79.9. The lowest BCUT2D eigenvalue weighted by Crippen LogP contribution is -2.06. The van der Waals surface area contributed by atoms with E-state index in [2.05, 4.69) is 67.5 Å². The van der Waals surface area contributed by atoms with Crippen LogP contribution in [0.3, 0.4) is 0 Å². The number of nitrogen functional groups attached to an aromatic ring is 1. The monoisotopic (exact) mass is 384 g/mol. The average Bonchev–Trinajstić information content (AvgIpc) is 2.57. The number of halogens is 1. The zero-order valence-electron chi connectivity index (χ0n) is 13.3. The van der Waals surface area contributed by atoms with Crippen LogP contribution in [0.1, 0.15) is 11.1 Å². The van der Waals surface area contributed by atoms with E-state index in [0.717, 1.165) is 10.2 Å². The van der Waals surface area contributed by atoms with Gasteiger partial charge in [0, 0.05) is 16.4 Å². The fourth-order valence-electron chi connectivity index (χ4n) is 2.12. The molecule has 6 nitrogen and oxygen atoms in total. The van der Waals surface area contributed by atoms with Crippen LogP contribution in [0.4, 0.5) is 28.8 Å². The fourth-order valence-corrected chi connectivity index (χ4v) is 2.36. The second-order valence-corrected chi connectivity index (χ2v) is 6.31. The van der Waals surface area contributed by atoms with Crippen LogP contribution in [-0.4, -0.2) is 15.0 Å². The summed E-state index contributed by atoms with van der Waals surface area (Å²) in [5.74, 6) is 1.71. The van der Waals surface area contributed by atoms with Crippen molar-refractivity contribution in [3.63, 3.8) is 0 Å². The van der Waals surface area contributed by atoms with Gasteiger partial charge in [0.25, 0.3) is 0 Å². The van der Waals surface area contributed by atoms with Crippen molar-refractivity contribution in [2.75, 3.05) is 16.4 Å². The van der Waals surface area contributed by atoms with E-state index in [1.807, 2.05) is 18.2 Å². The molecular formula is C17H17BrN6. The predicted molar refractivity (Wildman–Crippen MR) is 101 cm³/mol. The van der Waals surface area contributed by atoms with Crippen LogP contribution in [0.5, 0.6) is 0 Å². The van der Waals surface area contributed by atoms with Crippen molar-refractivity contribution in [2.45, 2.75) is 13.8 Å². The van der Waals surface area contributed by atoms with Crippen LogP contribution in [0.15, 0.2) is 47.3 Å². The van der Waals surface area contributed by atoms with Crippen LogP contribution < -0.4 is 16.4 Å². The molecule has 0 fully saturated rings. The molecule has 0 saturated heterocycles. The smallest absolute Gasteiger partial charge is 0.160 e. The Morgan fingerprint density at radius 3 is 2.33 bits per heavy atom. The maximum atomic E-state index is 6.19. The zero-order chi connectivity index (χ0) is 17.1. The van der Waals surface area contributed by atoms with Crippen molar-refractivity contribution in [2.24, 2.45) is 0 Å². The quantitative estimate of drug-likeness (QED) is 0.620. The summed E-state index contributed by atoms with van der Waals surface area (Å²) in [5.41, 5.74) is 9.98. The first kappa shape index (κ1) is 16.2. The van der Waals surface area contributed by atoms with Gasteiger partial charge in [-0.1, -0.05) is 6.07 Å². The number of nitrogens with two attached hydrogens (primary N) is 1. The Morgan fingerprint density at radius 1 is 0.917 bits per heavy atom. The molecule has 3 aromatic rings. The van der Waals surface area contributed by atoms with Gasteiger partial charge in [0.15, 0.2) is 11.6 Å². The molecule has 0 aliphatic heterocycles. The molecule has 0 amide bonds. The normalized spacial score (nSPS) is 10.5. The lowest BCUT2D eigenvalue weighted by molar-refractivity contribution is 1.16. The van der Waals surface area contributed by atoms with Gasteiger partial charge in [0.05, 0.1) is 0 Å². The minimum absolute atomic E-state index is 0.431. The number of anilines is 5. The highest BCUT2D eigenvalue weighted by Gasteiger charge is 2.09. The number of hydrogen-bond donors (Lipinski definition) is 3. The van der Waals surface area contributed by atoms with E-state index in [4.69, 9.17) is 5.73 Å². The van der Waals surface area contributed by atoms with Crippen molar-refractivity contribution in [1.29, 1.82) is 0 Å². The molecule has 3 rings (SSSR count). The number of nitrogens with zero attached hydrogens (tertiary/aromatic N) is 3. The number of aromatic nitrogens is 3. The second kappa shape index (κ2) is 6.84. The zero-order valence-corrected chi connectivity index (χ0v) is 14.9. The molecule has 2 heterocycles. The van der Waals surface area contributed by atoms with Crippen molar-refractivity contribution in [3.05, 3.63) is 58.5 Å². The van der Waals surface area contributed by atoms with Gasteiger partial charge < -0.3 is 16.4 Å². The Balaban J connectivity index is 1.84. The molecule has 24 heavy (non-hydrogen) atoms. The molecule has 0 aliphatic rings. The summed E-state index contributed by atoms with van der Waals surface area (Å²) in [6.07, 6.45) is 3.16. The van der Waals surface area contributed by atoms with Crippen LogP contribution >= 0.6 is 15.9 Å². The van der Waals surface area contributed by atoms with E-state index in [9.17, 15) is 0 Å². The summed E-state index contributed by atoms with van der Waals surface area (Å²) in [6.45, 7) is 4.14. The lowest BCUT2D eigenvalue weighted by Gasteiger charge is -2.13. The summed E-state index contributed by atoms with van der Waals surface area (Å²) in [4.78, 5) is 12.7. The first-order chi connectivity index (χ1) is 11.5. The molecule has 4 N–H and O–H groups in total. The molecule has 122 valence electrons. The SMILES string of the molecule is Cc1ccc(Nc2ncnc(Nc3ccc(Br)cn3)c2N)cc1C. The largest absolute Gasteiger partial charge is 0.393 e. The van der Waals surface area contributed by atoms with Gasteiger partial charge in [-0.3, -0.25) is 0 Å². The highest BCUT2D eigenvalue weighted by Crippen LogP contribution is 2.28. The molecule has 1 aromatic carbocycles. The van der Waals surface area contributed by atoms with E-state index in [-0.39, 0.29) is 0 Å². The molecule has 0 aliphatic carbocycles. The molecule has 0 atom stereocenters. The van der Waals surface area contributed by atoms with E-state index in [1.54, 1.807) is 6.20 Å². The standard InChI is InChI=1S/C17H17BrN6/c1-10-3-5-13(7-11(10)2)23-16-15(19)17(22-9-21-16)24-14-6-4-12(18)8-20-14/h3-9H,19H2,1-2H3,(H2,20,21,22,23,24). The number of pyridine rings is 1. The second-order valence-electron chi connectivity index (χ2n) is 5.40. The maximum Gasteiger partial charge on any atom is 0.160 e. The fraction of sp³-hybridized carbons (Fsp3) is 0.118. The van der Waals surface area contributed by atoms with Crippen LogP contribution in [0.2, 0.25) is 0 Å². The third-order valence-corrected chi connectivity index (χ3v) is 4.10. The number of aryl methyl sites for hydroxylation is 2. The molecule has 0 unspecified atom stereocenters. The van der Waals surface area contributed by atoms with Gasteiger partial charge >= 0.3 is 0 Å². The average molecular weight is 385 g/mol. The van der Waals surface area contributed by atoms with Gasteiger partial charge in [0.2, 0.25) is 0 Å². The number of hydrogen-bond acceptors (Lipinski definition) is 6. The number of nitrogens with one attached hydrogen (secondary N) is 2. The van der Waals surface area contributed by atoms with E-state index >= 15 is 0 Å². The Kier molecular flexibility index (Phi) is 4.61. The van der Waals surface area contributed by atoms with Gasteiger partial charge in [0.1, 0.15) is 17.8 Å². The number of rotatable bonds is 4. The summed E-state index contributed by atoms with van der Waals surface area (Å²) in [6, 6.07) is 9.83. The summed E-state index contributed by atoms with van der Waals surface area (Å²) < 4.78 is 0.904. The van der Waals surface area contributed by atoms with Crippen LogP contribution in [-0.2, 0) is 0 Å². The van der Waals surface area contributed by atoms with Crippen LogP contribution in [0.25, 0.3) is 0 Å². The topological polar surface area (TPSA) is 88.8 Å². The Hall–Kier alpha value is -2.67. The molecule has 0 spiro atoms. The molecule has 0 saturated carbocycles. The minimum Gasteiger partial charge on any atom is -0.393 e. The van der Waals surface area contributed by atoms with Gasteiger partial charge in [-0.15, -0.1) is 0 Å². The van der Waals surface area contributed by atoms with Crippen LogP contribution in [0, 0.1) is 13.8 Å². The summed E-state index contributed by atoms with van der Waals surface area (Å²) in [7, 11) is 0. The molecular weight excluding hydrogens is 368 g/mol. The minimum atomic E-state index is 0.431. The molecule has 7 heteroatoms. The Labute approximate surface area is 148 Å². The molecule has 0 bridgehead atoms. The predicted octanol–water partition coefficient (Wildman–Crippen LogP) is 4.32. The first-order valence-corrected chi connectivity index (χ1v) is 8.15. The van der Waals surface area contributed by atoms with E-state index < -0.39 is 0 Å². The summed E-state index contributed by atoms with van der Waals surface area (Å²) >= 11 is 3.35. The Morgan fingerprint density at radius 2 is 1.67 bits per heavy atom. The van der Waals surface area contributed by atoms with Gasteiger partial charge in [-0.25, -0.2) is 15.0 Å². The van der Waals surface area contributed by atoms with Crippen molar-refractivity contribution in [3.8, 4) is 0 Å². The molecule has 2 aromatic heterocycles. The Bertz CT molecular complexity index is 863. The van der Waals surface area contributed by atoms with E-state index in [0.29, 0.717) is 23.1 Å². The summed E-state index contributed by atoms with van der Waals surface area (Å²) in [5, 5.41) is 6.33. The third kappa shape index (κ3) is 3.62. The highest BCUT2D eigenvalue weighted by molar-refractivity contribution is 9.10. The maximum absolute atomic E-state index is 6.19. The third-order valence-electron chi connectivity index (χ3n) is 3.63.